The second kappa shape index (κ2) is 8.73. The van der Waals surface area contributed by atoms with Gasteiger partial charge in [0.1, 0.15) is 12.4 Å². The van der Waals surface area contributed by atoms with Crippen molar-refractivity contribution in [3.63, 3.8) is 0 Å². The highest BCUT2D eigenvalue weighted by Gasteiger charge is 2.19. The van der Waals surface area contributed by atoms with E-state index in [1.807, 2.05) is 37.3 Å². The Morgan fingerprint density at radius 3 is 2.44 bits per heavy atom. The molecule has 0 aliphatic rings. The van der Waals surface area contributed by atoms with E-state index in [9.17, 15) is 14.7 Å². The Balaban J connectivity index is 2.30. The van der Waals surface area contributed by atoms with E-state index in [-0.39, 0.29) is 17.9 Å². The second-order valence-corrected chi connectivity index (χ2v) is 5.28. The molecule has 132 valence electrons. The van der Waals surface area contributed by atoms with Gasteiger partial charge in [-0.05, 0) is 30.5 Å². The van der Waals surface area contributed by atoms with Gasteiger partial charge in [-0.3, -0.25) is 5.32 Å². The minimum Gasteiger partial charge on any atom is -0.489 e. The van der Waals surface area contributed by atoms with E-state index in [4.69, 9.17) is 9.47 Å². The number of rotatable bonds is 7. The molecule has 2 rings (SSSR count). The molecule has 0 saturated heterocycles. The van der Waals surface area contributed by atoms with E-state index in [0.29, 0.717) is 24.3 Å². The van der Waals surface area contributed by atoms with Crippen LogP contribution in [0.1, 0.15) is 35.3 Å². The standard InChI is InChI=1S/C19H21NO5/c1-3-14-10-15(25-12-13-8-6-5-7-9-13)11-16(17(14)18(21)22)20-19(23)24-4-2/h5-11H,3-4,12H2,1-2H3,(H,20,23)(H,21,22). The molecule has 0 aliphatic heterocycles. The number of hydrogen-bond donors (Lipinski definition) is 2. The lowest BCUT2D eigenvalue weighted by molar-refractivity contribution is 0.0697. The van der Waals surface area contributed by atoms with Gasteiger partial charge in [-0.2, -0.15) is 0 Å². The average Bonchev–Trinajstić information content (AvgIpc) is 2.60. The number of carbonyl (C=O) groups is 2. The number of nitrogens with one attached hydrogen (secondary N) is 1. The third-order valence-electron chi connectivity index (χ3n) is 3.55. The van der Waals surface area contributed by atoms with Crippen molar-refractivity contribution in [1.29, 1.82) is 0 Å². The van der Waals surface area contributed by atoms with Crippen molar-refractivity contribution in [3.8, 4) is 5.75 Å². The number of benzene rings is 2. The number of carboxylic acids is 1. The maximum absolute atomic E-state index is 11.7. The lowest BCUT2D eigenvalue weighted by atomic mass is 10.0. The van der Waals surface area contributed by atoms with Crippen molar-refractivity contribution >= 4 is 17.7 Å². The zero-order valence-corrected chi connectivity index (χ0v) is 14.2. The average molecular weight is 343 g/mol. The summed E-state index contributed by atoms with van der Waals surface area (Å²) >= 11 is 0. The van der Waals surface area contributed by atoms with Gasteiger partial charge in [0.25, 0.3) is 0 Å². The van der Waals surface area contributed by atoms with Crippen LogP contribution in [0.15, 0.2) is 42.5 Å². The molecule has 0 bridgehead atoms. The molecule has 2 N–H and O–H groups in total. The molecule has 2 aromatic rings. The summed E-state index contributed by atoms with van der Waals surface area (Å²) in [6.07, 6.45) is -0.214. The van der Waals surface area contributed by atoms with Gasteiger partial charge in [0.05, 0.1) is 17.9 Å². The van der Waals surface area contributed by atoms with Gasteiger partial charge in [0.15, 0.2) is 0 Å². The molecule has 25 heavy (non-hydrogen) atoms. The molecule has 0 unspecified atom stereocenters. The highest BCUT2D eigenvalue weighted by molar-refractivity contribution is 6.00. The van der Waals surface area contributed by atoms with E-state index in [0.717, 1.165) is 5.56 Å². The van der Waals surface area contributed by atoms with Crippen LogP contribution in [0.4, 0.5) is 10.5 Å². The normalized spacial score (nSPS) is 10.2. The maximum Gasteiger partial charge on any atom is 0.411 e. The lowest BCUT2D eigenvalue weighted by Gasteiger charge is -2.15. The van der Waals surface area contributed by atoms with Crippen LogP contribution in [-0.2, 0) is 17.8 Å². The van der Waals surface area contributed by atoms with Crippen molar-refractivity contribution in [3.05, 3.63) is 59.2 Å². The van der Waals surface area contributed by atoms with Gasteiger partial charge >= 0.3 is 12.1 Å². The molecule has 1 amide bonds. The minimum absolute atomic E-state index is 0.0441. The summed E-state index contributed by atoms with van der Waals surface area (Å²) in [5, 5.41) is 12.0. The van der Waals surface area contributed by atoms with Gasteiger partial charge in [0, 0.05) is 6.07 Å². The zero-order chi connectivity index (χ0) is 18.2. The molecule has 0 heterocycles. The van der Waals surface area contributed by atoms with Crippen LogP contribution in [0, 0.1) is 0 Å². The molecule has 6 heteroatoms. The maximum atomic E-state index is 11.7. The molecule has 0 aliphatic carbocycles. The number of ether oxygens (including phenoxy) is 2. The Morgan fingerprint density at radius 2 is 1.84 bits per heavy atom. The van der Waals surface area contributed by atoms with E-state index in [1.165, 1.54) is 6.07 Å². The first-order chi connectivity index (χ1) is 12.0. The van der Waals surface area contributed by atoms with Crippen LogP contribution in [-0.4, -0.2) is 23.8 Å². The Labute approximate surface area is 146 Å². The molecule has 0 atom stereocenters. The molecule has 0 saturated carbocycles. The van der Waals surface area contributed by atoms with Gasteiger partial charge in [-0.15, -0.1) is 0 Å². The smallest absolute Gasteiger partial charge is 0.411 e. The fourth-order valence-electron chi connectivity index (χ4n) is 2.40. The number of carboxylic acid groups (broad SMARTS) is 1. The van der Waals surface area contributed by atoms with Crippen LogP contribution >= 0.6 is 0 Å². The van der Waals surface area contributed by atoms with Gasteiger partial charge in [-0.25, -0.2) is 9.59 Å². The van der Waals surface area contributed by atoms with Crippen LogP contribution in [0.3, 0.4) is 0 Å². The fourth-order valence-corrected chi connectivity index (χ4v) is 2.40. The van der Waals surface area contributed by atoms with Crippen molar-refractivity contribution < 1.29 is 24.2 Å². The summed E-state index contributed by atoms with van der Waals surface area (Å²) < 4.78 is 10.6. The van der Waals surface area contributed by atoms with Crippen molar-refractivity contribution in [2.75, 3.05) is 11.9 Å². The first kappa shape index (κ1) is 18.3. The van der Waals surface area contributed by atoms with E-state index < -0.39 is 12.1 Å². The number of hydrogen-bond acceptors (Lipinski definition) is 4. The Morgan fingerprint density at radius 1 is 1.12 bits per heavy atom. The number of carbonyl (C=O) groups excluding carboxylic acids is 1. The number of aromatic carboxylic acids is 1. The monoisotopic (exact) mass is 343 g/mol. The molecule has 0 aromatic heterocycles. The largest absolute Gasteiger partial charge is 0.489 e. The van der Waals surface area contributed by atoms with E-state index in [2.05, 4.69) is 5.32 Å². The third kappa shape index (κ3) is 4.97. The Hall–Kier alpha value is -3.02. The molecule has 0 fully saturated rings. The molecule has 6 nitrogen and oxygen atoms in total. The first-order valence-electron chi connectivity index (χ1n) is 8.05. The SMILES string of the molecule is CCOC(=O)Nc1cc(OCc2ccccc2)cc(CC)c1C(=O)O. The summed E-state index contributed by atoms with van der Waals surface area (Å²) in [7, 11) is 0. The summed E-state index contributed by atoms with van der Waals surface area (Å²) in [5.74, 6) is -0.629. The summed E-state index contributed by atoms with van der Waals surface area (Å²) in [4.78, 5) is 23.3. The van der Waals surface area contributed by atoms with E-state index in [1.54, 1.807) is 13.0 Å². The predicted octanol–water partition coefficient (Wildman–Crippen LogP) is 4.09. The lowest BCUT2D eigenvalue weighted by Crippen LogP contribution is -2.17. The zero-order valence-electron chi connectivity index (χ0n) is 14.2. The number of aryl methyl sites for hydroxylation is 1. The van der Waals surface area contributed by atoms with Crippen LogP contribution in [0.5, 0.6) is 5.75 Å². The highest BCUT2D eigenvalue weighted by atomic mass is 16.5. The minimum atomic E-state index is -1.11. The Bertz CT molecular complexity index is 743. The van der Waals surface area contributed by atoms with Crippen molar-refractivity contribution in [1.82, 2.24) is 0 Å². The predicted molar refractivity (Wildman–Crippen MR) is 94.2 cm³/mol. The fraction of sp³-hybridized carbons (Fsp3) is 0.263. The van der Waals surface area contributed by atoms with Crippen LogP contribution in [0.25, 0.3) is 0 Å². The second-order valence-electron chi connectivity index (χ2n) is 5.28. The topological polar surface area (TPSA) is 84.9 Å². The molecule has 2 aromatic carbocycles. The quantitative estimate of drug-likeness (QED) is 0.791. The van der Waals surface area contributed by atoms with Crippen LogP contribution < -0.4 is 10.1 Å². The molecule has 0 radical (unpaired) electrons. The molecule has 0 spiro atoms. The van der Waals surface area contributed by atoms with Gasteiger partial charge in [0.2, 0.25) is 0 Å². The number of amides is 1. The van der Waals surface area contributed by atoms with E-state index >= 15 is 0 Å². The van der Waals surface area contributed by atoms with Gasteiger partial charge < -0.3 is 14.6 Å². The van der Waals surface area contributed by atoms with Crippen LogP contribution in [0.2, 0.25) is 0 Å². The first-order valence-corrected chi connectivity index (χ1v) is 8.05. The van der Waals surface area contributed by atoms with Crippen molar-refractivity contribution in [2.45, 2.75) is 26.9 Å². The summed E-state index contributed by atoms with van der Waals surface area (Å²) in [5.41, 5.74) is 1.77. The van der Waals surface area contributed by atoms with Crippen molar-refractivity contribution in [2.24, 2.45) is 0 Å². The summed E-state index contributed by atoms with van der Waals surface area (Å²) in [6.45, 7) is 4.06. The number of anilines is 1. The molecular weight excluding hydrogens is 322 g/mol. The highest BCUT2D eigenvalue weighted by Crippen LogP contribution is 2.28. The third-order valence-corrected chi connectivity index (χ3v) is 3.55. The van der Waals surface area contributed by atoms with Gasteiger partial charge in [-0.1, -0.05) is 37.3 Å². The summed E-state index contributed by atoms with van der Waals surface area (Å²) in [6, 6.07) is 12.8. The molecular formula is C19H21NO5. The Kier molecular flexibility index (Phi) is 6.39.